The van der Waals surface area contributed by atoms with Crippen LogP contribution in [0.15, 0.2) is 30.6 Å². The molecule has 3 aromatic rings. The molecule has 1 N–H and O–H groups in total. The van der Waals surface area contributed by atoms with E-state index in [-0.39, 0.29) is 5.75 Å². The second-order valence-electron chi connectivity index (χ2n) is 5.07. The molecule has 0 saturated heterocycles. The van der Waals surface area contributed by atoms with E-state index < -0.39 is 5.97 Å². The number of hydrogen-bond acceptors (Lipinski definition) is 5. The number of pyridine rings is 1. The second-order valence-corrected chi connectivity index (χ2v) is 5.50. The Morgan fingerprint density at radius 2 is 2.13 bits per heavy atom. The van der Waals surface area contributed by atoms with Crippen LogP contribution in [0, 0.1) is 6.92 Å². The first-order valence-corrected chi connectivity index (χ1v) is 7.25. The molecule has 0 radical (unpaired) electrons. The highest BCUT2D eigenvalue weighted by Crippen LogP contribution is 2.25. The number of ether oxygens (including phenoxy) is 2. The smallest absolute Gasteiger partial charge is 0.344 e. The molecule has 0 aliphatic heterocycles. The summed E-state index contributed by atoms with van der Waals surface area (Å²) < 4.78 is 10.5. The van der Waals surface area contributed by atoms with E-state index in [1.54, 1.807) is 13.2 Å². The van der Waals surface area contributed by atoms with Crippen LogP contribution in [-0.2, 0) is 11.3 Å². The van der Waals surface area contributed by atoms with Crippen molar-refractivity contribution < 1.29 is 14.3 Å². The molecular formula is C16H14ClN3O3. The molecule has 0 bridgehead atoms. The molecule has 2 aromatic heterocycles. The van der Waals surface area contributed by atoms with Gasteiger partial charge in [0.2, 0.25) is 0 Å². The van der Waals surface area contributed by atoms with Gasteiger partial charge in [-0.05, 0) is 24.6 Å². The predicted octanol–water partition coefficient (Wildman–Crippen LogP) is 3.29. The summed E-state index contributed by atoms with van der Waals surface area (Å²) in [7, 11) is 1.57. The van der Waals surface area contributed by atoms with Crippen molar-refractivity contribution in [2.24, 2.45) is 0 Å². The number of fused-ring (bicyclic) bond motifs is 1. The Morgan fingerprint density at radius 1 is 1.30 bits per heavy atom. The van der Waals surface area contributed by atoms with E-state index >= 15 is 0 Å². The number of aromatic nitrogens is 3. The van der Waals surface area contributed by atoms with E-state index in [0.717, 1.165) is 11.1 Å². The minimum absolute atomic E-state index is 0.286. The van der Waals surface area contributed by atoms with Gasteiger partial charge in [0.05, 0.1) is 34.6 Å². The summed E-state index contributed by atoms with van der Waals surface area (Å²) in [6.45, 7) is 2.19. The minimum atomic E-state index is -0.499. The van der Waals surface area contributed by atoms with Crippen LogP contribution in [0.1, 0.15) is 21.6 Å². The van der Waals surface area contributed by atoms with E-state index in [4.69, 9.17) is 21.1 Å². The molecule has 0 amide bonds. The molecule has 0 aliphatic rings. The molecule has 0 aliphatic carbocycles. The van der Waals surface area contributed by atoms with Crippen molar-refractivity contribution in [1.29, 1.82) is 0 Å². The lowest BCUT2D eigenvalue weighted by Crippen LogP contribution is -2.10. The molecule has 3 rings (SSSR count). The topological polar surface area (TPSA) is 77.1 Å². The zero-order valence-electron chi connectivity index (χ0n) is 12.6. The van der Waals surface area contributed by atoms with Crippen molar-refractivity contribution in [3.63, 3.8) is 0 Å². The third-order valence-corrected chi connectivity index (χ3v) is 3.48. The maximum Gasteiger partial charge on any atom is 0.344 e. The number of benzene rings is 1. The Bertz CT molecular complexity index is 876. The van der Waals surface area contributed by atoms with Crippen LogP contribution in [0.25, 0.3) is 10.9 Å². The molecular weight excluding hydrogens is 318 g/mol. The van der Waals surface area contributed by atoms with Crippen LogP contribution in [-0.4, -0.2) is 28.3 Å². The average Bonchev–Trinajstić information content (AvgIpc) is 2.89. The molecule has 7 heteroatoms. The molecule has 0 spiro atoms. The third-order valence-electron chi connectivity index (χ3n) is 3.27. The van der Waals surface area contributed by atoms with Gasteiger partial charge in [0.15, 0.2) is 5.75 Å². The Morgan fingerprint density at radius 3 is 2.87 bits per heavy atom. The maximum atomic E-state index is 12.6. The number of aromatic amines is 1. The van der Waals surface area contributed by atoms with Crippen molar-refractivity contribution in [2.45, 2.75) is 13.5 Å². The SMILES string of the molecule is COCc1n[nH]c2cc(C)cc(C(=O)Oc3cncc(Cl)c3)c12. The molecule has 2 heterocycles. The van der Waals surface area contributed by atoms with E-state index in [0.29, 0.717) is 28.3 Å². The first kappa shape index (κ1) is 15.5. The summed E-state index contributed by atoms with van der Waals surface area (Å²) in [5, 5.41) is 8.20. The summed E-state index contributed by atoms with van der Waals surface area (Å²) in [5.41, 5.74) is 2.74. The molecule has 0 unspecified atom stereocenters. The van der Waals surface area contributed by atoms with E-state index in [2.05, 4.69) is 15.2 Å². The number of H-pyrrole nitrogens is 1. The summed E-state index contributed by atoms with van der Waals surface area (Å²) >= 11 is 5.86. The van der Waals surface area contributed by atoms with Gasteiger partial charge in [-0.15, -0.1) is 0 Å². The standard InChI is InChI=1S/C16H14ClN3O3/c1-9-3-12(15-13(4-9)19-20-14(15)8-22-2)16(21)23-11-5-10(17)6-18-7-11/h3-7H,8H2,1-2H3,(H,19,20). The average molecular weight is 332 g/mol. The van der Waals surface area contributed by atoms with Crippen molar-refractivity contribution >= 4 is 28.5 Å². The van der Waals surface area contributed by atoms with Crippen molar-refractivity contribution in [1.82, 2.24) is 15.2 Å². The summed E-state index contributed by atoms with van der Waals surface area (Å²) in [4.78, 5) is 16.5. The molecule has 118 valence electrons. The van der Waals surface area contributed by atoms with E-state index in [1.165, 1.54) is 18.5 Å². The van der Waals surface area contributed by atoms with Gasteiger partial charge in [-0.25, -0.2) is 4.79 Å². The third kappa shape index (κ3) is 3.18. The van der Waals surface area contributed by atoms with Crippen LogP contribution in [0.5, 0.6) is 5.75 Å². The normalized spacial score (nSPS) is 10.9. The van der Waals surface area contributed by atoms with Crippen molar-refractivity contribution in [3.05, 3.63) is 52.4 Å². The molecule has 6 nitrogen and oxygen atoms in total. The minimum Gasteiger partial charge on any atom is -0.421 e. The van der Waals surface area contributed by atoms with Crippen LogP contribution < -0.4 is 4.74 Å². The van der Waals surface area contributed by atoms with Gasteiger partial charge in [-0.2, -0.15) is 5.10 Å². The van der Waals surface area contributed by atoms with Crippen LogP contribution in [0.3, 0.4) is 0 Å². The highest BCUT2D eigenvalue weighted by Gasteiger charge is 2.18. The molecule has 1 aromatic carbocycles. The number of methoxy groups -OCH3 is 1. The van der Waals surface area contributed by atoms with Gasteiger partial charge in [-0.3, -0.25) is 10.1 Å². The fourth-order valence-corrected chi connectivity index (χ4v) is 2.55. The lowest BCUT2D eigenvalue weighted by atomic mass is 10.0. The number of carbonyl (C=O) groups excluding carboxylic acids is 1. The van der Waals surface area contributed by atoms with Crippen molar-refractivity contribution in [2.75, 3.05) is 7.11 Å². The van der Waals surface area contributed by atoms with Gasteiger partial charge in [0.25, 0.3) is 0 Å². The number of carbonyl (C=O) groups is 1. The van der Waals surface area contributed by atoms with Crippen LogP contribution in [0.4, 0.5) is 0 Å². The summed E-state index contributed by atoms with van der Waals surface area (Å²) in [6, 6.07) is 5.21. The maximum absolute atomic E-state index is 12.6. The predicted molar refractivity (Wildman–Crippen MR) is 85.7 cm³/mol. The van der Waals surface area contributed by atoms with Crippen LogP contribution >= 0.6 is 11.6 Å². The molecule has 0 atom stereocenters. The largest absolute Gasteiger partial charge is 0.421 e. The number of rotatable bonds is 4. The van der Waals surface area contributed by atoms with Crippen molar-refractivity contribution in [3.8, 4) is 5.75 Å². The van der Waals surface area contributed by atoms with E-state index in [9.17, 15) is 4.79 Å². The quantitative estimate of drug-likeness (QED) is 0.742. The monoisotopic (exact) mass is 331 g/mol. The van der Waals surface area contributed by atoms with Gasteiger partial charge in [0, 0.05) is 24.8 Å². The second kappa shape index (κ2) is 6.36. The summed E-state index contributed by atoms with van der Waals surface area (Å²) in [5.74, 6) is -0.213. The number of nitrogens with zero attached hydrogens (tertiary/aromatic N) is 2. The first-order valence-electron chi connectivity index (χ1n) is 6.87. The van der Waals surface area contributed by atoms with Gasteiger partial charge >= 0.3 is 5.97 Å². The van der Waals surface area contributed by atoms with Gasteiger partial charge in [0.1, 0.15) is 0 Å². The molecule has 0 fully saturated rings. The van der Waals surface area contributed by atoms with Gasteiger partial charge in [-0.1, -0.05) is 11.6 Å². The van der Waals surface area contributed by atoms with Gasteiger partial charge < -0.3 is 9.47 Å². The highest BCUT2D eigenvalue weighted by atomic mass is 35.5. The first-order chi connectivity index (χ1) is 11.1. The lowest BCUT2D eigenvalue weighted by molar-refractivity contribution is 0.0736. The number of hydrogen-bond donors (Lipinski definition) is 1. The number of esters is 1. The number of halogens is 1. The Kier molecular flexibility index (Phi) is 4.27. The molecule has 0 saturated carbocycles. The lowest BCUT2D eigenvalue weighted by Gasteiger charge is -2.07. The fraction of sp³-hybridized carbons (Fsp3) is 0.188. The zero-order valence-corrected chi connectivity index (χ0v) is 13.3. The Labute approximate surface area is 137 Å². The zero-order chi connectivity index (χ0) is 16.4. The Balaban J connectivity index is 2.03. The fourth-order valence-electron chi connectivity index (χ4n) is 2.38. The van der Waals surface area contributed by atoms with E-state index in [1.807, 2.05) is 13.0 Å². The summed E-state index contributed by atoms with van der Waals surface area (Å²) in [6.07, 6.45) is 2.90. The number of nitrogens with one attached hydrogen (secondary N) is 1. The van der Waals surface area contributed by atoms with Crippen LogP contribution in [0.2, 0.25) is 5.02 Å². The molecule has 23 heavy (non-hydrogen) atoms. The highest BCUT2D eigenvalue weighted by molar-refractivity contribution is 6.30. The number of aryl methyl sites for hydroxylation is 1. The Hall–Kier alpha value is -2.44.